The molecule has 0 spiro atoms. The van der Waals surface area contributed by atoms with Crippen LogP contribution in [-0.2, 0) is 12.8 Å². The molecule has 140 valence electrons. The minimum atomic E-state index is 0.505. The van der Waals surface area contributed by atoms with Crippen LogP contribution in [0.1, 0.15) is 43.5 Å². The van der Waals surface area contributed by atoms with Gasteiger partial charge in [-0.05, 0) is 33.1 Å². The maximum atomic E-state index is 4.74. The molecule has 1 saturated heterocycles. The second-order valence-electron chi connectivity index (χ2n) is 6.74. The third-order valence-electron chi connectivity index (χ3n) is 4.31. The number of piperidine rings is 1. The maximum Gasteiger partial charge on any atom is 0.191 e. The minimum absolute atomic E-state index is 0.505. The first-order chi connectivity index (χ1) is 12.1. The summed E-state index contributed by atoms with van der Waals surface area (Å²) in [5.74, 6) is 0.938. The van der Waals surface area contributed by atoms with Gasteiger partial charge >= 0.3 is 0 Å². The van der Waals surface area contributed by atoms with Crippen LogP contribution in [0, 0.1) is 0 Å². The number of guanidine groups is 1. The van der Waals surface area contributed by atoms with E-state index in [9.17, 15) is 0 Å². The van der Waals surface area contributed by atoms with E-state index in [1.54, 1.807) is 11.3 Å². The zero-order valence-electron chi connectivity index (χ0n) is 16.0. The highest BCUT2D eigenvalue weighted by Gasteiger charge is 2.19. The van der Waals surface area contributed by atoms with Crippen molar-refractivity contribution in [3.63, 3.8) is 0 Å². The van der Waals surface area contributed by atoms with Crippen molar-refractivity contribution < 1.29 is 0 Å². The van der Waals surface area contributed by atoms with E-state index in [1.165, 1.54) is 15.5 Å². The van der Waals surface area contributed by atoms with Crippen molar-refractivity contribution in [2.75, 3.05) is 32.7 Å². The van der Waals surface area contributed by atoms with E-state index in [4.69, 9.17) is 4.99 Å². The number of aryl methyl sites for hydroxylation is 1. The summed E-state index contributed by atoms with van der Waals surface area (Å²) in [4.78, 5) is 13.0. The van der Waals surface area contributed by atoms with Gasteiger partial charge in [0.25, 0.3) is 0 Å². The molecule has 1 aromatic rings. The number of rotatable bonds is 8. The van der Waals surface area contributed by atoms with Gasteiger partial charge in [0.2, 0.25) is 0 Å². The highest BCUT2D eigenvalue weighted by atomic mass is 32.1. The molecular weight excluding hydrogens is 330 g/mol. The summed E-state index contributed by atoms with van der Waals surface area (Å²) in [5, 5.41) is 8.16. The molecule has 0 saturated carbocycles. The minimum Gasteiger partial charge on any atom is -0.357 e. The third kappa shape index (κ3) is 7.16. The van der Waals surface area contributed by atoms with Crippen LogP contribution >= 0.6 is 11.3 Å². The summed E-state index contributed by atoms with van der Waals surface area (Å²) < 4.78 is 0. The fraction of sp³-hybridized carbons (Fsp3) is 0.684. The number of aliphatic imine (C=N–C) groups is 1. The fourth-order valence-electron chi connectivity index (χ4n) is 3.02. The van der Waals surface area contributed by atoms with Crippen molar-refractivity contribution in [3.8, 4) is 0 Å². The smallest absolute Gasteiger partial charge is 0.191 e. The molecule has 2 N–H and O–H groups in total. The Balaban J connectivity index is 1.78. The fourth-order valence-corrected chi connectivity index (χ4v) is 3.87. The average molecular weight is 364 g/mol. The molecule has 0 amide bonds. The van der Waals surface area contributed by atoms with Crippen molar-refractivity contribution in [2.24, 2.45) is 4.99 Å². The van der Waals surface area contributed by atoms with E-state index in [1.807, 2.05) is 6.20 Å². The lowest BCUT2D eigenvalue weighted by Gasteiger charge is -2.33. The maximum absolute atomic E-state index is 4.74. The number of hydrogen-bond acceptors (Lipinski definition) is 4. The Morgan fingerprint density at radius 1 is 1.40 bits per heavy atom. The van der Waals surface area contributed by atoms with Crippen LogP contribution in [0.4, 0.5) is 0 Å². The molecule has 25 heavy (non-hydrogen) atoms. The van der Waals surface area contributed by atoms with E-state index in [-0.39, 0.29) is 0 Å². The number of thiazole rings is 1. The predicted molar refractivity (Wildman–Crippen MR) is 109 cm³/mol. The molecule has 0 atom stereocenters. The standard InChI is InChI=1S/C19H33N5S/c1-5-17-13-22-18(25-17)7-10-21-19(20-6-2)23-16-8-11-24(12-9-16)14-15(3)4/h13,16H,3,5-12,14H2,1-2,4H3,(H2,20,21,23). The van der Waals surface area contributed by atoms with Crippen LogP contribution < -0.4 is 10.6 Å². The van der Waals surface area contributed by atoms with E-state index in [2.05, 4.69) is 47.9 Å². The molecule has 0 aromatic carbocycles. The number of nitrogens with one attached hydrogen (secondary N) is 2. The van der Waals surface area contributed by atoms with Crippen molar-refractivity contribution >= 4 is 17.3 Å². The summed E-state index contributed by atoms with van der Waals surface area (Å²) in [6, 6.07) is 0.505. The van der Waals surface area contributed by atoms with Gasteiger partial charge in [0.05, 0.1) is 5.01 Å². The van der Waals surface area contributed by atoms with Crippen LogP contribution in [0.5, 0.6) is 0 Å². The monoisotopic (exact) mass is 363 g/mol. The molecule has 0 radical (unpaired) electrons. The second kappa shape index (κ2) is 10.6. The molecule has 0 unspecified atom stereocenters. The predicted octanol–water partition coefficient (Wildman–Crippen LogP) is 2.84. The lowest BCUT2D eigenvalue weighted by molar-refractivity contribution is 0.221. The molecule has 0 bridgehead atoms. The van der Waals surface area contributed by atoms with Gasteiger partial charge in [-0.1, -0.05) is 19.1 Å². The summed E-state index contributed by atoms with van der Waals surface area (Å²) in [5.41, 5.74) is 1.25. The number of hydrogen-bond donors (Lipinski definition) is 2. The molecule has 2 rings (SSSR count). The van der Waals surface area contributed by atoms with Crippen LogP contribution in [0.2, 0.25) is 0 Å². The Kier molecular flexibility index (Phi) is 8.41. The Morgan fingerprint density at radius 3 is 2.76 bits per heavy atom. The van der Waals surface area contributed by atoms with Gasteiger partial charge in [-0.15, -0.1) is 11.3 Å². The highest BCUT2D eigenvalue weighted by molar-refractivity contribution is 7.11. The summed E-state index contributed by atoms with van der Waals surface area (Å²) in [6.07, 6.45) is 6.29. The molecule has 1 fully saturated rings. The molecule has 6 heteroatoms. The van der Waals surface area contributed by atoms with Gasteiger partial charge in [0.1, 0.15) is 0 Å². The van der Waals surface area contributed by atoms with E-state index in [0.29, 0.717) is 6.04 Å². The molecule has 1 aliphatic rings. The summed E-state index contributed by atoms with van der Waals surface area (Å²) >= 11 is 1.80. The Morgan fingerprint density at radius 2 is 2.16 bits per heavy atom. The van der Waals surface area contributed by atoms with Crippen LogP contribution in [-0.4, -0.2) is 54.6 Å². The number of nitrogens with zero attached hydrogens (tertiary/aromatic N) is 3. The molecule has 5 nitrogen and oxygen atoms in total. The second-order valence-corrected chi connectivity index (χ2v) is 7.94. The largest absolute Gasteiger partial charge is 0.357 e. The van der Waals surface area contributed by atoms with Gasteiger partial charge in [-0.25, -0.2) is 4.98 Å². The van der Waals surface area contributed by atoms with Gasteiger partial charge in [-0.2, -0.15) is 0 Å². The highest BCUT2D eigenvalue weighted by Crippen LogP contribution is 2.14. The van der Waals surface area contributed by atoms with Gasteiger partial charge in [-0.3, -0.25) is 9.89 Å². The molecule has 0 aliphatic carbocycles. The molecule has 2 heterocycles. The van der Waals surface area contributed by atoms with Crippen molar-refractivity contribution in [1.29, 1.82) is 0 Å². The van der Waals surface area contributed by atoms with E-state index < -0.39 is 0 Å². The van der Waals surface area contributed by atoms with Crippen molar-refractivity contribution in [3.05, 3.63) is 28.2 Å². The zero-order chi connectivity index (χ0) is 18.1. The quantitative estimate of drug-likeness (QED) is 0.424. The lowest BCUT2D eigenvalue weighted by atomic mass is 10.0. The zero-order valence-corrected chi connectivity index (χ0v) is 16.8. The number of likely N-dealkylation sites (tertiary alicyclic amines) is 1. The van der Waals surface area contributed by atoms with Crippen molar-refractivity contribution in [2.45, 2.75) is 52.5 Å². The molecule has 1 aromatic heterocycles. The molecular formula is C19H33N5S. The van der Waals surface area contributed by atoms with Gasteiger partial charge < -0.3 is 10.6 Å². The topological polar surface area (TPSA) is 52.5 Å². The van der Waals surface area contributed by atoms with Gasteiger partial charge in [0, 0.05) is 56.3 Å². The SMILES string of the molecule is C=C(C)CN1CCC(NC(=NCCc2ncc(CC)s2)NCC)CC1. The first-order valence-corrected chi connectivity index (χ1v) is 10.3. The van der Waals surface area contributed by atoms with Crippen LogP contribution in [0.25, 0.3) is 0 Å². The van der Waals surface area contributed by atoms with E-state index in [0.717, 1.165) is 64.4 Å². The first-order valence-electron chi connectivity index (χ1n) is 9.45. The summed E-state index contributed by atoms with van der Waals surface area (Å²) in [7, 11) is 0. The first kappa shape index (κ1) is 19.9. The average Bonchev–Trinajstić information content (AvgIpc) is 3.04. The van der Waals surface area contributed by atoms with Crippen LogP contribution in [0.15, 0.2) is 23.3 Å². The normalized spacial score (nSPS) is 16.8. The summed E-state index contributed by atoms with van der Waals surface area (Å²) in [6.45, 7) is 15.3. The van der Waals surface area contributed by atoms with Crippen LogP contribution in [0.3, 0.4) is 0 Å². The molecule has 1 aliphatic heterocycles. The van der Waals surface area contributed by atoms with E-state index >= 15 is 0 Å². The lowest BCUT2D eigenvalue weighted by Crippen LogP contribution is -2.48. The Bertz CT molecular complexity index is 558. The van der Waals surface area contributed by atoms with Crippen molar-refractivity contribution in [1.82, 2.24) is 20.5 Å². The third-order valence-corrected chi connectivity index (χ3v) is 5.51. The number of aromatic nitrogens is 1. The Hall–Kier alpha value is -1.40. The Labute approximate surface area is 156 Å². The van der Waals surface area contributed by atoms with Gasteiger partial charge in [0.15, 0.2) is 5.96 Å².